The van der Waals surface area contributed by atoms with Gasteiger partial charge in [-0.15, -0.1) is 0 Å². The van der Waals surface area contributed by atoms with Crippen LogP contribution in [0.4, 0.5) is 11.4 Å². The van der Waals surface area contributed by atoms with E-state index >= 15 is 0 Å². The lowest BCUT2D eigenvalue weighted by molar-refractivity contribution is 0.330. The highest BCUT2D eigenvalue weighted by Crippen LogP contribution is 2.15. The van der Waals surface area contributed by atoms with Crippen molar-refractivity contribution in [3.05, 3.63) is 71.6 Å². The minimum absolute atomic E-state index is 0.636. The number of nitrogens with zero attached hydrogens (tertiary/aromatic N) is 2. The Hall–Kier alpha value is -2.50. The SMILES string of the molecule is Cc1ccc(N=C2C=C(Nc3ccc(C)cc3)NN(Cl)N2)cc1. The number of hydrazine groups is 2. The number of amidine groups is 1. The van der Waals surface area contributed by atoms with Gasteiger partial charge in [0.1, 0.15) is 11.7 Å². The summed E-state index contributed by atoms with van der Waals surface area (Å²) in [6.07, 6.45) is 1.86. The summed E-state index contributed by atoms with van der Waals surface area (Å²) in [7, 11) is 0. The van der Waals surface area contributed by atoms with Crippen LogP contribution in [0.1, 0.15) is 11.1 Å². The lowest BCUT2D eigenvalue weighted by atomic mass is 10.2. The summed E-state index contributed by atoms with van der Waals surface area (Å²) in [5.74, 6) is 1.37. The van der Waals surface area contributed by atoms with Gasteiger partial charge in [0.2, 0.25) is 0 Å². The zero-order valence-corrected chi connectivity index (χ0v) is 13.7. The van der Waals surface area contributed by atoms with E-state index in [2.05, 4.69) is 28.1 Å². The maximum Gasteiger partial charge on any atom is 0.147 e. The fraction of sp³-hybridized carbons (Fsp3) is 0.118. The van der Waals surface area contributed by atoms with Crippen molar-refractivity contribution in [3.63, 3.8) is 0 Å². The number of halogens is 1. The molecule has 0 aliphatic carbocycles. The molecule has 5 nitrogen and oxygen atoms in total. The van der Waals surface area contributed by atoms with Crippen molar-refractivity contribution >= 4 is 29.0 Å². The second-order valence-corrected chi connectivity index (χ2v) is 5.72. The van der Waals surface area contributed by atoms with Crippen molar-refractivity contribution in [3.8, 4) is 0 Å². The van der Waals surface area contributed by atoms with Gasteiger partial charge >= 0.3 is 0 Å². The first-order valence-electron chi connectivity index (χ1n) is 7.28. The molecular formula is C17H18ClN5. The van der Waals surface area contributed by atoms with Crippen molar-refractivity contribution in [2.45, 2.75) is 13.8 Å². The standard InChI is InChI=1S/C17H18ClN5/c1-12-3-7-14(8-4-12)19-16-11-17(22-23(18)21-16)20-15-9-5-13(2)6-10-15/h3-11,19,21H,1-2H3,(H,20,22). The van der Waals surface area contributed by atoms with Gasteiger partial charge in [-0.25, -0.2) is 4.99 Å². The molecule has 0 atom stereocenters. The van der Waals surface area contributed by atoms with Gasteiger partial charge in [0.25, 0.3) is 0 Å². The Morgan fingerprint density at radius 1 is 0.913 bits per heavy atom. The highest BCUT2D eigenvalue weighted by molar-refractivity contribution is 6.14. The molecule has 0 amide bonds. The number of hydrogen-bond acceptors (Lipinski definition) is 4. The summed E-state index contributed by atoms with van der Waals surface area (Å²) in [5.41, 5.74) is 10.1. The van der Waals surface area contributed by atoms with E-state index in [1.54, 1.807) is 0 Å². The third-order valence-electron chi connectivity index (χ3n) is 3.33. The van der Waals surface area contributed by atoms with Gasteiger partial charge in [0.05, 0.1) is 5.69 Å². The molecule has 0 saturated carbocycles. The molecule has 6 heteroatoms. The van der Waals surface area contributed by atoms with Gasteiger partial charge in [-0.3, -0.25) is 10.9 Å². The monoisotopic (exact) mass is 327 g/mol. The Labute approximate surface area is 140 Å². The van der Waals surface area contributed by atoms with Crippen LogP contribution in [0, 0.1) is 13.8 Å². The predicted molar refractivity (Wildman–Crippen MR) is 95.1 cm³/mol. The van der Waals surface area contributed by atoms with E-state index in [1.165, 1.54) is 15.8 Å². The van der Waals surface area contributed by atoms with E-state index in [0.29, 0.717) is 5.84 Å². The second kappa shape index (κ2) is 6.73. The number of nitrogens with one attached hydrogen (secondary N) is 3. The maximum atomic E-state index is 6.04. The van der Waals surface area contributed by atoms with Gasteiger partial charge in [-0.05, 0) is 42.7 Å². The summed E-state index contributed by atoms with van der Waals surface area (Å²) in [6, 6.07) is 16.1. The highest BCUT2D eigenvalue weighted by atomic mass is 35.5. The fourth-order valence-electron chi connectivity index (χ4n) is 2.11. The van der Waals surface area contributed by atoms with Gasteiger partial charge in [0, 0.05) is 23.5 Å². The number of rotatable bonds is 3. The number of anilines is 1. The summed E-state index contributed by atoms with van der Waals surface area (Å²) >= 11 is 6.04. The molecule has 0 spiro atoms. The Morgan fingerprint density at radius 3 is 2.17 bits per heavy atom. The summed E-state index contributed by atoms with van der Waals surface area (Å²) in [6.45, 7) is 4.10. The van der Waals surface area contributed by atoms with E-state index in [9.17, 15) is 0 Å². The molecule has 1 heterocycles. The number of aliphatic imine (C=N–C) groups is 1. The van der Waals surface area contributed by atoms with Crippen LogP contribution >= 0.6 is 11.8 Å². The molecule has 23 heavy (non-hydrogen) atoms. The minimum Gasteiger partial charge on any atom is -0.341 e. The van der Waals surface area contributed by atoms with Crippen LogP contribution in [-0.2, 0) is 0 Å². The Bertz CT molecular complexity index is 735. The van der Waals surface area contributed by atoms with Crippen molar-refractivity contribution in [2.75, 3.05) is 5.32 Å². The molecule has 3 N–H and O–H groups in total. The molecule has 118 valence electrons. The van der Waals surface area contributed by atoms with E-state index in [-0.39, 0.29) is 0 Å². The quantitative estimate of drug-likeness (QED) is 0.751. The molecule has 2 aromatic rings. The molecule has 0 saturated heterocycles. The zero-order chi connectivity index (χ0) is 16.2. The van der Waals surface area contributed by atoms with Gasteiger partial charge in [-0.1, -0.05) is 35.4 Å². The van der Waals surface area contributed by atoms with E-state index in [4.69, 9.17) is 11.8 Å². The first kappa shape index (κ1) is 15.4. The van der Waals surface area contributed by atoms with Crippen molar-refractivity contribution in [2.24, 2.45) is 4.99 Å². The number of benzene rings is 2. The molecular weight excluding hydrogens is 310 g/mol. The lowest BCUT2D eigenvalue weighted by Crippen LogP contribution is -2.49. The molecule has 2 aromatic carbocycles. The third kappa shape index (κ3) is 4.25. The van der Waals surface area contributed by atoms with Crippen molar-refractivity contribution in [1.29, 1.82) is 0 Å². The predicted octanol–water partition coefficient (Wildman–Crippen LogP) is 3.77. The molecule has 0 radical (unpaired) electrons. The number of aryl methyl sites for hydroxylation is 2. The first-order chi connectivity index (χ1) is 11.1. The van der Waals surface area contributed by atoms with Gasteiger partial charge in [0.15, 0.2) is 0 Å². The van der Waals surface area contributed by atoms with Crippen LogP contribution in [0.25, 0.3) is 0 Å². The normalized spacial score (nSPS) is 16.5. The first-order valence-corrected chi connectivity index (χ1v) is 7.62. The fourth-order valence-corrected chi connectivity index (χ4v) is 2.29. The van der Waals surface area contributed by atoms with Crippen LogP contribution in [0.2, 0.25) is 0 Å². The summed E-state index contributed by atoms with van der Waals surface area (Å²) < 4.78 is 1.24. The zero-order valence-electron chi connectivity index (χ0n) is 13.0. The van der Waals surface area contributed by atoms with Crippen molar-refractivity contribution in [1.82, 2.24) is 15.5 Å². The highest BCUT2D eigenvalue weighted by Gasteiger charge is 2.13. The maximum absolute atomic E-state index is 6.04. The van der Waals surface area contributed by atoms with Crippen LogP contribution in [0.3, 0.4) is 0 Å². The largest absolute Gasteiger partial charge is 0.341 e. The Morgan fingerprint density at radius 2 is 1.52 bits per heavy atom. The van der Waals surface area contributed by atoms with Crippen LogP contribution in [0.15, 0.2) is 65.4 Å². The molecule has 0 fully saturated rings. The van der Waals surface area contributed by atoms with Gasteiger partial charge in [-0.2, -0.15) is 0 Å². The average Bonchev–Trinajstić information content (AvgIpc) is 2.51. The third-order valence-corrected chi connectivity index (χ3v) is 3.50. The van der Waals surface area contributed by atoms with Crippen LogP contribution in [-0.4, -0.2) is 10.5 Å². The Kier molecular flexibility index (Phi) is 4.50. The Balaban J connectivity index is 1.81. The van der Waals surface area contributed by atoms with Gasteiger partial charge < -0.3 is 5.32 Å². The molecule has 0 aromatic heterocycles. The number of hydrogen-bond donors (Lipinski definition) is 3. The smallest absolute Gasteiger partial charge is 0.147 e. The minimum atomic E-state index is 0.636. The van der Waals surface area contributed by atoms with Crippen LogP contribution < -0.4 is 16.2 Å². The molecule has 1 aliphatic heterocycles. The molecule has 0 bridgehead atoms. The summed E-state index contributed by atoms with van der Waals surface area (Å²) in [4.78, 5) is 4.54. The molecule has 3 rings (SSSR count). The summed E-state index contributed by atoms with van der Waals surface area (Å²) in [5, 5.41) is 3.27. The lowest BCUT2D eigenvalue weighted by Gasteiger charge is -2.25. The van der Waals surface area contributed by atoms with Crippen LogP contribution in [0.5, 0.6) is 0 Å². The van der Waals surface area contributed by atoms with Crippen molar-refractivity contribution < 1.29 is 0 Å². The molecule has 1 aliphatic rings. The van der Waals surface area contributed by atoms with E-state index < -0.39 is 0 Å². The van der Waals surface area contributed by atoms with E-state index in [1.807, 2.05) is 61.5 Å². The second-order valence-electron chi connectivity index (χ2n) is 5.39. The average molecular weight is 328 g/mol. The molecule has 0 unspecified atom stereocenters. The topological polar surface area (TPSA) is 51.7 Å². The van der Waals surface area contributed by atoms with E-state index in [0.717, 1.165) is 17.2 Å².